The summed E-state index contributed by atoms with van der Waals surface area (Å²) in [7, 11) is 0. The summed E-state index contributed by atoms with van der Waals surface area (Å²) in [6.07, 6.45) is -1.83. The molecule has 0 aliphatic heterocycles. The van der Waals surface area contributed by atoms with Gasteiger partial charge in [0.2, 0.25) is 0 Å². The van der Waals surface area contributed by atoms with Gasteiger partial charge in [-0.3, -0.25) is 0 Å². The third-order valence-corrected chi connectivity index (χ3v) is 1.51. The predicted octanol–water partition coefficient (Wildman–Crippen LogP) is 1.96. The summed E-state index contributed by atoms with van der Waals surface area (Å²) in [6.45, 7) is 1.82. The van der Waals surface area contributed by atoms with Gasteiger partial charge in [0.25, 0.3) is 0 Å². The number of hydrogen-bond donors (Lipinski definition) is 2. The van der Waals surface area contributed by atoms with Crippen LogP contribution in [0.25, 0.3) is 0 Å². The van der Waals surface area contributed by atoms with Crippen LogP contribution in [0.1, 0.15) is 16.7 Å². The lowest BCUT2D eigenvalue weighted by molar-refractivity contribution is 0.137. The maximum Gasteiger partial charge on any atom is 0.503 e. The molecular weight excluding hydrogens is 196 g/mol. The van der Waals surface area contributed by atoms with Crippen molar-refractivity contribution in [1.29, 1.82) is 10.5 Å². The topological polar surface area (TPSA) is 105 Å². The minimum absolute atomic E-state index is 0.451. The van der Waals surface area contributed by atoms with E-state index in [1.807, 2.05) is 25.1 Å². The second-order valence-corrected chi connectivity index (χ2v) is 2.50. The average molecular weight is 204 g/mol. The van der Waals surface area contributed by atoms with Gasteiger partial charge >= 0.3 is 6.16 Å². The van der Waals surface area contributed by atoms with Gasteiger partial charge in [-0.25, -0.2) is 4.79 Å². The van der Waals surface area contributed by atoms with E-state index >= 15 is 0 Å². The minimum Gasteiger partial charge on any atom is -0.450 e. The number of carboxylic acid groups (broad SMARTS) is 2. The van der Waals surface area contributed by atoms with Crippen molar-refractivity contribution in [3.8, 4) is 12.1 Å². The second-order valence-electron chi connectivity index (χ2n) is 2.50. The Morgan fingerprint density at radius 1 is 1.27 bits per heavy atom. The van der Waals surface area contributed by atoms with Crippen LogP contribution in [0.15, 0.2) is 18.2 Å². The van der Waals surface area contributed by atoms with E-state index in [1.54, 1.807) is 12.1 Å². The molecule has 15 heavy (non-hydrogen) atoms. The van der Waals surface area contributed by atoms with E-state index in [2.05, 4.69) is 0 Å². The van der Waals surface area contributed by atoms with Crippen LogP contribution < -0.4 is 0 Å². The Hall–Kier alpha value is -2.53. The zero-order valence-corrected chi connectivity index (χ0v) is 7.93. The Bertz CT molecular complexity index is 437. The summed E-state index contributed by atoms with van der Waals surface area (Å²) in [5, 5.41) is 31.1. The molecule has 1 rings (SSSR count). The Labute approximate surface area is 86.4 Å². The quantitative estimate of drug-likeness (QED) is 0.671. The molecule has 0 bridgehead atoms. The lowest BCUT2D eigenvalue weighted by Crippen LogP contribution is -1.86. The largest absolute Gasteiger partial charge is 0.503 e. The summed E-state index contributed by atoms with van der Waals surface area (Å²) in [4.78, 5) is 8.56. The summed E-state index contributed by atoms with van der Waals surface area (Å²) in [5.74, 6) is 0. The number of nitriles is 2. The van der Waals surface area contributed by atoms with Gasteiger partial charge in [-0.1, -0.05) is 12.1 Å². The van der Waals surface area contributed by atoms with Crippen molar-refractivity contribution in [3.05, 3.63) is 34.9 Å². The van der Waals surface area contributed by atoms with E-state index in [-0.39, 0.29) is 0 Å². The van der Waals surface area contributed by atoms with Crippen molar-refractivity contribution in [3.63, 3.8) is 0 Å². The van der Waals surface area contributed by atoms with Gasteiger partial charge in [-0.2, -0.15) is 10.5 Å². The smallest absolute Gasteiger partial charge is 0.450 e. The maximum absolute atomic E-state index is 8.63. The van der Waals surface area contributed by atoms with Crippen LogP contribution in [0.5, 0.6) is 0 Å². The summed E-state index contributed by atoms with van der Waals surface area (Å²) >= 11 is 0. The molecule has 0 spiro atoms. The van der Waals surface area contributed by atoms with Crippen molar-refractivity contribution >= 4 is 6.16 Å². The Kier molecular flexibility index (Phi) is 4.99. The fourth-order valence-corrected chi connectivity index (χ4v) is 0.909. The van der Waals surface area contributed by atoms with Crippen LogP contribution in [-0.4, -0.2) is 16.4 Å². The third kappa shape index (κ3) is 4.30. The molecule has 1 aromatic carbocycles. The number of carbonyl (C=O) groups is 1. The van der Waals surface area contributed by atoms with Gasteiger partial charge in [-0.05, 0) is 18.6 Å². The molecule has 5 heteroatoms. The normalized spacial score (nSPS) is 7.67. The first-order valence-electron chi connectivity index (χ1n) is 3.84. The number of rotatable bonds is 0. The van der Waals surface area contributed by atoms with Crippen molar-refractivity contribution in [2.24, 2.45) is 0 Å². The SMILES string of the molecule is Cc1cccc(C#N)c1C#N.O=C(O)O. The van der Waals surface area contributed by atoms with Gasteiger partial charge in [0.15, 0.2) is 0 Å². The molecule has 0 atom stereocenters. The molecule has 0 saturated heterocycles. The molecule has 0 heterocycles. The first-order valence-corrected chi connectivity index (χ1v) is 3.84. The van der Waals surface area contributed by atoms with Crippen molar-refractivity contribution in [2.75, 3.05) is 0 Å². The van der Waals surface area contributed by atoms with Crippen LogP contribution >= 0.6 is 0 Å². The molecule has 0 amide bonds. The summed E-state index contributed by atoms with van der Waals surface area (Å²) < 4.78 is 0. The van der Waals surface area contributed by atoms with Crippen LogP contribution in [0.3, 0.4) is 0 Å². The molecule has 0 aromatic heterocycles. The molecule has 0 aliphatic carbocycles. The number of nitrogens with zero attached hydrogens (tertiary/aromatic N) is 2. The zero-order valence-electron chi connectivity index (χ0n) is 7.93. The van der Waals surface area contributed by atoms with Gasteiger partial charge in [0.1, 0.15) is 12.1 Å². The van der Waals surface area contributed by atoms with Gasteiger partial charge < -0.3 is 10.2 Å². The Morgan fingerprint density at radius 3 is 2.13 bits per heavy atom. The standard InChI is InChI=1S/C9H6N2.CH2O3/c1-7-3-2-4-8(5-10)9(7)6-11;2-1(3)4/h2-4H,1H3;(H2,2,3,4). The van der Waals surface area contributed by atoms with Crippen LogP contribution in [0.2, 0.25) is 0 Å². The number of hydrogen-bond acceptors (Lipinski definition) is 3. The van der Waals surface area contributed by atoms with Gasteiger partial charge in [-0.15, -0.1) is 0 Å². The van der Waals surface area contributed by atoms with Gasteiger partial charge in [0.05, 0.1) is 11.1 Å². The fourth-order valence-electron chi connectivity index (χ4n) is 0.909. The highest BCUT2D eigenvalue weighted by Gasteiger charge is 2.01. The van der Waals surface area contributed by atoms with E-state index in [4.69, 9.17) is 25.5 Å². The summed E-state index contributed by atoms with van der Waals surface area (Å²) in [5.41, 5.74) is 1.79. The predicted molar refractivity (Wildman–Crippen MR) is 51.3 cm³/mol. The van der Waals surface area contributed by atoms with E-state index in [0.717, 1.165) is 5.56 Å². The molecular formula is C10H8N2O3. The van der Waals surface area contributed by atoms with Crippen molar-refractivity contribution < 1.29 is 15.0 Å². The zero-order chi connectivity index (χ0) is 11.8. The second kappa shape index (κ2) is 6.01. The van der Waals surface area contributed by atoms with Crippen molar-refractivity contribution in [1.82, 2.24) is 0 Å². The minimum atomic E-state index is -1.83. The lowest BCUT2D eigenvalue weighted by atomic mass is 10.0. The fraction of sp³-hybridized carbons (Fsp3) is 0.100. The maximum atomic E-state index is 8.63. The molecule has 2 N–H and O–H groups in total. The Balaban J connectivity index is 0.000000423. The molecule has 0 fully saturated rings. The molecule has 0 unspecified atom stereocenters. The highest BCUT2D eigenvalue weighted by Crippen LogP contribution is 2.10. The highest BCUT2D eigenvalue weighted by molar-refractivity contribution is 5.53. The highest BCUT2D eigenvalue weighted by atomic mass is 16.6. The molecule has 0 radical (unpaired) electrons. The van der Waals surface area contributed by atoms with Crippen LogP contribution in [0, 0.1) is 29.6 Å². The molecule has 5 nitrogen and oxygen atoms in total. The van der Waals surface area contributed by atoms with Crippen LogP contribution in [-0.2, 0) is 0 Å². The molecule has 0 aliphatic rings. The van der Waals surface area contributed by atoms with Crippen LogP contribution in [0.4, 0.5) is 4.79 Å². The van der Waals surface area contributed by atoms with E-state index in [1.165, 1.54) is 0 Å². The Morgan fingerprint density at radius 2 is 1.80 bits per heavy atom. The average Bonchev–Trinajstić information content (AvgIpc) is 2.16. The van der Waals surface area contributed by atoms with E-state index in [0.29, 0.717) is 11.1 Å². The van der Waals surface area contributed by atoms with Crippen molar-refractivity contribution in [2.45, 2.75) is 6.92 Å². The number of aryl methyl sites for hydroxylation is 1. The monoisotopic (exact) mass is 204 g/mol. The lowest BCUT2D eigenvalue weighted by Gasteiger charge is -1.96. The first kappa shape index (κ1) is 12.5. The van der Waals surface area contributed by atoms with E-state index < -0.39 is 6.16 Å². The van der Waals surface area contributed by atoms with Gasteiger partial charge in [0, 0.05) is 0 Å². The summed E-state index contributed by atoms with van der Waals surface area (Å²) in [6, 6.07) is 9.19. The first-order chi connectivity index (χ1) is 7.02. The van der Waals surface area contributed by atoms with E-state index in [9.17, 15) is 0 Å². The molecule has 76 valence electrons. The third-order valence-electron chi connectivity index (χ3n) is 1.51. The molecule has 1 aromatic rings. The molecule has 0 saturated carbocycles. The number of benzene rings is 1.